The largest absolute Gasteiger partial charge is 0.356 e. The highest BCUT2D eigenvalue weighted by Gasteiger charge is 2.01. The van der Waals surface area contributed by atoms with Crippen LogP contribution in [0.25, 0.3) is 0 Å². The number of benzene rings is 1. The monoisotopic (exact) mass is 332 g/mol. The minimum atomic E-state index is 0.905. The van der Waals surface area contributed by atoms with Crippen molar-refractivity contribution >= 4 is 5.96 Å². The molecule has 0 atom stereocenters. The van der Waals surface area contributed by atoms with Crippen LogP contribution in [0.3, 0.4) is 0 Å². The van der Waals surface area contributed by atoms with Gasteiger partial charge in [-0.3, -0.25) is 4.99 Å². The highest BCUT2D eigenvalue weighted by Crippen LogP contribution is 2.08. The van der Waals surface area contributed by atoms with Gasteiger partial charge in [-0.15, -0.1) is 0 Å². The molecular formula is C20H36N4. The Kier molecular flexibility index (Phi) is 10.2. The predicted octanol–water partition coefficient (Wildman–Crippen LogP) is 3.13. The van der Waals surface area contributed by atoms with E-state index in [1.54, 1.807) is 0 Å². The zero-order valence-electron chi connectivity index (χ0n) is 16.3. The summed E-state index contributed by atoms with van der Waals surface area (Å²) in [5.41, 5.74) is 4.05. The summed E-state index contributed by atoms with van der Waals surface area (Å²) < 4.78 is 0. The maximum atomic E-state index is 4.30. The number of guanidine groups is 1. The number of rotatable bonds is 10. The Hall–Kier alpha value is -1.55. The Morgan fingerprint density at radius 3 is 2.17 bits per heavy atom. The van der Waals surface area contributed by atoms with E-state index in [0.717, 1.165) is 38.6 Å². The molecule has 0 heterocycles. The van der Waals surface area contributed by atoms with Gasteiger partial charge in [-0.2, -0.15) is 0 Å². The summed E-state index contributed by atoms with van der Waals surface area (Å²) in [6.07, 6.45) is 3.42. The molecule has 1 aromatic carbocycles. The normalized spacial score (nSPS) is 11.8. The van der Waals surface area contributed by atoms with Gasteiger partial charge in [0.25, 0.3) is 0 Å². The molecule has 136 valence electrons. The first kappa shape index (κ1) is 20.5. The molecule has 24 heavy (non-hydrogen) atoms. The first-order valence-corrected chi connectivity index (χ1v) is 9.33. The molecule has 4 nitrogen and oxygen atoms in total. The molecule has 0 radical (unpaired) electrons. The summed E-state index contributed by atoms with van der Waals surface area (Å²) in [6.45, 7) is 14.1. The highest BCUT2D eigenvalue weighted by atomic mass is 15.2. The number of aryl methyl sites for hydroxylation is 2. The van der Waals surface area contributed by atoms with Crippen molar-refractivity contribution in [3.8, 4) is 0 Å². The third-order valence-electron chi connectivity index (χ3n) is 4.30. The number of hydrogen-bond donors (Lipinski definition) is 2. The lowest BCUT2D eigenvalue weighted by Gasteiger charge is -2.18. The maximum absolute atomic E-state index is 4.30. The van der Waals surface area contributed by atoms with Crippen molar-refractivity contribution in [1.82, 2.24) is 15.5 Å². The third kappa shape index (κ3) is 8.34. The molecule has 0 unspecified atom stereocenters. The smallest absolute Gasteiger partial charge is 0.190 e. The summed E-state index contributed by atoms with van der Waals surface area (Å²) >= 11 is 0. The minimum Gasteiger partial charge on any atom is -0.356 e. The zero-order valence-corrected chi connectivity index (χ0v) is 16.3. The van der Waals surface area contributed by atoms with Crippen LogP contribution in [0.1, 0.15) is 43.4 Å². The molecule has 0 aliphatic rings. The van der Waals surface area contributed by atoms with Gasteiger partial charge >= 0.3 is 0 Å². The van der Waals surface area contributed by atoms with Crippen molar-refractivity contribution in [2.45, 2.75) is 47.0 Å². The van der Waals surface area contributed by atoms with Gasteiger partial charge in [-0.25, -0.2) is 0 Å². The summed E-state index contributed by atoms with van der Waals surface area (Å²) in [5, 5.41) is 6.82. The van der Waals surface area contributed by atoms with Gasteiger partial charge in [-0.1, -0.05) is 43.2 Å². The molecule has 1 rings (SSSR count). The number of nitrogens with zero attached hydrogens (tertiary/aromatic N) is 2. The molecule has 0 fully saturated rings. The Morgan fingerprint density at radius 1 is 0.958 bits per heavy atom. The highest BCUT2D eigenvalue weighted by molar-refractivity contribution is 5.79. The van der Waals surface area contributed by atoms with Crippen molar-refractivity contribution in [3.63, 3.8) is 0 Å². The summed E-state index contributed by atoms with van der Waals surface area (Å²) in [6, 6.07) is 6.74. The second-order valence-electron chi connectivity index (χ2n) is 6.41. The fraction of sp³-hybridized carbons (Fsp3) is 0.650. The van der Waals surface area contributed by atoms with Gasteiger partial charge in [-0.05, 0) is 58.3 Å². The second-order valence-corrected chi connectivity index (χ2v) is 6.41. The van der Waals surface area contributed by atoms with Crippen molar-refractivity contribution in [1.29, 1.82) is 0 Å². The lowest BCUT2D eigenvalue weighted by molar-refractivity contribution is 0.297. The zero-order chi connectivity index (χ0) is 17.8. The molecule has 1 aromatic rings. The maximum Gasteiger partial charge on any atom is 0.190 e. The van der Waals surface area contributed by atoms with Crippen LogP contribution < -0.4 is 10.6 Å². The first-order valence-electron chi connectivity index (χ1n) is 9.33. The summed E-state index contributed by atoms with van der Waals surface area (Å²) in [5.74, 6) is 0.905. The van der Waals surface area contributed by atoms with E-state index in [0.29, 0.717) is 0 Å². The van der Waals surface area contributed by atoms with E-state index < -0.39 is 0 Å². The Balaban J connectivity index is 2.21. The van der Waals surface area contributed by atoms with Crippen LogP contribution in [0.2, 0.25) is 0 Å². The molecule has 0 aliphatic carbocycles. The Bertz CT molecular complexity index is 472. The quantitative estimate of drug-likeness (QED) is 0.393. The topological polar surface area (TPSA) is 39.7 Å². The molecule has 0 amide bonds. The number of aliphatic imine (C=N–C) groups is 1. The van der Waals surface area contributed by atoms with Crippen molar-refractivity contribution < 1.29 is 0 Å². The first-order chi connectivity index (χ1) is 11.6. The van der Waals surface area contributed by atoms with Crippen LogP contribution in [0.5, 0.6) is 0 Å². The molecule has 0 saturated carbocycles. The molecule has 0 aromatic heterocycles. The standard InChI is InChI=1S/C20H36N4/c1-6-24(7-2)13-9-8-11-22-20(21-5)23-12-10-19-15-17(3)14-18(4)16-19/h14-16H,6-13H2,1-5H3,(H2,21,22,23). The van der Waals surface area contributed by atoms with E-state index in [1.165, 1.54) is 36.1 Å². The van der Waals surface area contributed by atoms with Crippen molar-refractivity contribution in [2.24, 2.45) is 4.99 Å². The number of unbranched alkanes of at least 4 members (excludes halogenated alkanes) is 1. The van der Waals surface area contributed by atoms with Crippen molar-refractivity contribution in [2.75, 3.05) is 39.8 Å². The van der Waals surface area contributed by atoms with Gasteiger partial charge < -0.3 is 15.5 Å². The summed E-state index contributed by atoms with van der Waals surface area (Å²) in [7, 11) is 1.84. The Morgan fingerprint density at radius 2 is 1.58 bits per heavy atom. The fourth-order valence-corrected chi connectivity index (χ4v) is 2.97. The molecule has 0 bridgehead atoms. The average Bonchev–Trinajstić information content (AvgIpc) is 2.55. The lowest BCUT2D eigenvalue weighted by atomic mass is 10.1. The molecule has 2 N–H and O–H groups in total. The van der Waals surface area contributed by atoms with Gasteiger partial charge in [0.2, 0.25) is 0 Å². The van der Waals surface area contributed by atoms with Crippen LogP contribution in [0, 0.1) is 13.8 Å². The average molecular weight is 333 g/mol. The van der Waals surface area contributed by atoms with Crippen LogP contribution in [0.15, 0.2) is 23.2 Å². The SMILES string of the molecule is CCN(CC)CCCCNC(=NC)NCCc1cc(C)cc(C)c1. The number of nitrogens with one attached hydrogen (secondary N) is 2. The molecular weight excluding hydrogens is 296 g/mol. The van der Waals surface area contributed by atoms with E-state index in [4.69, 9.17) is 0 Å². The van der Waals surface area contributed by atoms with Crippen LogP contribution >= 0.6 is 0 Å². The van der Waals surface area contributed by atoms with E-state index in [2.05, 4.69) is 66.4 Å². The van der Waals surface area contributed by atoms with Crippen LogP contribution in [-0.4, -0.2) is 50.6 Å². The molecule has 0 aliphatic heterocycles. The van der Waals surface area contributed by atoms with Gasteiger partial charge in [0, 0.05) is 20.1 Å². The minimum absolute atomic E-state index is 0.905. The molecule has 4 heteroatoms. The van der Waals surface area contributed by atoms with Crippen LogP contribution in [-0.2, 0) is 6.42 Å². The molecule has 0 spiro atoms. The second kappa shape index (κ2) is 11.9. The van der Waals surface area contributed by atoms with E-state index >= 15 is 0 Å². The van der Waals surface area contributed by atoms with Crippen molar-refractivity contribution in [3.05, 3.63) is 34.9 Å². The van der Waals surface area contributed by atoms with E-state index in [9.17, 15) is 0 Å². The fourth-order valence-electron chi connectivity index (χ4n) is 2.97. The van der Waals surface area contributed by atoms with Gasteiger partial charge in [0.1, 0.15) is 0 Å². The third-order valence-corrected chi connectivity index (χ3v) is 4.30. The lowest BCUT2D eigenvalue weighted by Crippen LogP contribution is -2.39. The predicted molar refractivity (Wildman–Crippen MR) is 106 cm³/mol. The van der Waals surface area contributed by atoms with Gasteiger partial charge in [0.15, 0.2) is 5.96 Å². The van der Waals surface area contributed by atoms with E-state index in [-0.39, 0.29) is 0 Å². The summed E-state index contributed by atoms with van der Waals surface area (Å²) in [4.78, 5) is 6.77. The van der Waals surface area contributed by atoms with Gasteiger partial charge in [0.05, 0.1) is 0 Å². The van der Waals surface area contributed by atoms with E-state index in [1.807, 2.05) is 7.05 Å². The Labute approximate surface area is 148 Å². The van der Waals surface area contributed by atoms with Crippen LogP contribution in [0.4, 0.5) is 0 Å². The number of hydrogen-bond acceptors (Lipinski definition) is 2. The molecule has 0 saturated heterocycles.